The zero-order valence-corrected chi connectivity index (χ0v) is 15.3. The Labute approximate surface area is 163 Å². The molecule has 7 heteroatoms. The molecule has 2 aromatic rings. The first-order valence-electron chi connectivity index (χ1n) is 9.03. The van der Waals surface area contributed by atoms with Gasteiger partial charge in [0.15, 0.2) is 5.78 Å². The minimum Gasteiger partial charge on any atom is -0.368 e. The highest BCUT2D eigenvalue weighted by molar-refractivity contribution is 6.10. The molecule has 1 aliphatic rings. The fourth-order valence-corrected chi connectivity index (χ4v) is 2.97. The molecule has 2 heterocycles. The molecule has 1 amide bonds. The average Bonchev–Trinajstić information content (AvgIpc) is 2.76. The van der Waals surface area contributed by atoms with Crippen molar-refractivity contribution in [3.8, 4) is 0 Å². The first kappa shape index (κ1) is 19.5. The number of hydroxylamine groups is 1. The van der Waals surface area contributed by atoms with Crippen molar-refractivity contribution in [1.29, 1.82) is 0 Å². The third-order valence-corrected chi connectivity index (χ3v) is 4.34. The smallest absolute Gasteiger partial charge is 0.267 e. The number of pyridine rings is 1. The standard InChI is InChI=1S/C21H22N4O3/c26-20(18-6-1-2-7-19(18)25-14-12-22-13-15-25)10-8-16-4-3-5-17(23-16)9-11-21(27)24-28/h1-11,22,28H,12-15H2,(H,24,27)/b10-8+,11-9+. The molecule has 0 aliphatic carbocycles. The summed E-state index contributed by atoms with van der Waals surface area (Å²) in [5.41, 5.74) is 4.26. The Morgan fingerprint density at radius 2 is 1.68 bits per heavy atom. The van der Waals surface area contributed by atoms with E-state index in [4.69, 9.17) is 5.21 Å². The maximum Gasteiger partial charge on any atom is 0.267 e. The van der Waals surface area contributed by atoms with Crippen molar-refractivity contribution in [2.45, 2.75) is 0 Å². The quantitative estimate of drug-likeness (QED) is 0.308. The van der Waals surface area contributed by atoms with Gasteiger partial charge in [0, 0.05) is 43.5 Å². The van der Waals surface area contributed by atoms with Gasteiger partial charge in [-0.25, -0.2) is 10.5 Å². The number of anilines is 1. The van der Waals surface area contributed by atoms with Crippen LogP contribution in [-0.4, -0.2) is 48.1 Å². The number of rotatable bonds is 6. The first-order chi connectivity index (χ1) is 13.7. The summed E-state index contributed by atoms with van der Waals surface area (Å²) < 4.78 is 0. The van der Waals surface area contributed by atoms with Crippen LogP contribution >= 0.6 is 0 Å². The second-order valence-electron chi connectivity index (χ2n) is 6.25. The van der Waals surface area contributed by atoms with Gasteiger partial charge in [0.1, 0.15) is 0 Å². The summed E-state index contributed by atoms with van der Waals surface area (Å²) >= 11 is 0. The number of nitrogens with zero attached hydrogens (tertiary/aromatic N) is 2. The molecule has 28 heavy (non-hydrogen) atoms. The van der Waals surface area contributed by atoms with Gasteiger partial charge in [-0.1, -0.05) is 18.2 Å². The van der Waals surface area contributed by atoms with Gasteiger partial charge < -0.3 is 10.2 Å². The topological polar surface area (TPSA) is 94.6 Å². The average molecular weight is 378 g/mol. The molecule has 0 spiro atoms. The van der Waals surface area contributed by atoms with Crippen LogP contribution in [0.15, 0.2) is 54.6 Å². The number of aromatic nitrogens is 1. The third kappa shape index (κ3) is 5.12. The Morgan fingerprint density at radius 1 is 1.00 bits per heavy atom. The minimum absolute atomic E-state index is 0.0865. The Hall–Kier alpha value is -3.29. The number of amides is 1. The monoisotopic (exact) mass is 378 g/mol. The lowest BCUT2D eigenvalue weighted by Gasteiger charge is -2.30. The van der Waals surface area contributed by atoms with Gasteiger partial charge in [0.05, 0.1) is 11.4 Å². The van der Waals surface area contributed by atoms with E-state index in [0.29, 0.717) is 17.0 Å². The lowest BCUT2D eigenvalue weighted by Crippen LogP contribution is -2.44. The second-order valence-corrected chi connectivity index (χ2v) is 6.25. The Bertz CT molecular complexity index is 902. The van der Waals surface area contributed by atoms with Crippen LogP contribution in [0.4, 0.5) is 5.69 Å². The van der Waals surface area contributed by atoms with Gasteiger partial charge in [-0.3, -0.25) is 14.8 Å². The molecule has 1 aliphatic heterocycles. The molecule has 1 fully saturated rings. The predicted octanol–water partition coefficient (Wildman–Crippen LogP) is 1.91. The summed E-state index contributed by atoms with van der Waals surface area (Å²) in [6.07, 6.45) is 5.81. The number of para-hydroxylation sites is 1. The molecular weight excluding hydrogens is 356 g/mol. The number of hydrogen-bond donors (Lipinski definition) is 3. The van der Waals surface area contributed by atoms with Gasteiger partial charge in [0.25, 0.3) is 5.91 Å². The number of hydrogen-bond acceptors (Lipinski definition) is 6. The van der Waals surface area contributed by atoms with Crippen LogP contribution in [0.5, 0.6) is 0 Å². The molecule has 0 bridgehead atoms. The molecule has 3 rings (SSSR count). The van der Waals surface area contributed by atoms with E-state index in [2.05, 4.69) is 15.2 Å². The fourth-order valence-electron chi connectivity index (χ4n) is 2.97. The normalized spacial score (nSPS) is 14.5. The number of benzene rings is 1. The van der Waals surface area contributed by atoms with Crippen molar-refractivity contribution in [3.63, 3.8) is 0 Å². The van der Waals surface area contributed by atoms with Crippen molar-refractivity contribution in [1.82, 2.24) is 15.8 Å². The number of carbonyl (C=O) groups excluding carboxylic acids is 2. The molecule has 1 saturated heterocycles. The first-order valence-corrected chi connectivity index (χ1v) is 9.03. The lowest BCUT2D eigenvalue weighted by molar-refractivity contribution is -0.124. The molecule has 3 N–H and O–H groups in total. The molecule has 1 aromatic carbocycles. The highest BCUT2D eigenvalue weighted by Crippen LogP contribution is 2.22. The highest BCUT2D eigenvalue weighted by Gasteiger charge is 2.16. The van der Waals surface area contributed by atoms with Crippen molar-refractivity contribution >= 4 is 29.5 Å². The van der Waals surface area contributed by atoms with Crippen LogP contribution in [0.3, 0.4) is 0 Å². The maximum absolute atomic E-state index is 12.8. The summed E-state index contributed by atoms with van der Waals surface area (Å²) in [4.78, 5) is 30.4. The zero-order chi connectivity index (χ0) is 19.8. The molecule has 0 unspecified atom stereocenters. The number of piperazine rings is 1. The molecule has 1 aromatic heterocycles. The van der Waals surface area contributed by atoms with Crippen molar-refractivity contribution in [2.75, 3.05) is 31.1 Å². The number of nitrogens with one attached hydrogen (secondary N) is 2. The predicted molar refractivity (Wildman–Crippen MR) is 108 cm³/mol. The van der Waals surface area contributed by atoms with E-state index in [-0.39, 0.29) is 5.78 Å². The lowest BCUT2D eigenvalue weighted by atomic mass is 10.1. The van der Waals surface area contributed by atoms with Crippen LogP contribution in [0.25, 0.3) is 12.2 Å². The summed E-state index contributed by atoms with van der Waals surface area (Å²) in [7, 11) is 0. The molecule has 0 saturated carbocycles. The molecule has 144 valence electrons. The van der Waals surface area contributed by atoms with Crippen LogP contribution in [0, 0.1) is 0 Å². The van der Waals surface area contributed by atoms with Crippen LogP contribution in [0.2, 0.25) is 0 Å². The van der Waals surface area contributed by atoms with Gasteiger partial charge in [-0.15, -0.1) is 0 Å². The summed E-state index contributed by atoms with van der Waals surface area (Å²) in [6.45, 7) is 3.53. The molecule has 0 atom stereocenters. The van der Waals surface area contributed by atoms with E-state index < -0.39 is 5.91 Å². The van der Waals surface area contributed by atoms with E-state index in [1.807, 2.05) is 24.3 Å². The van der Waals surface area contributed by atoms with E-state index in [1.54, 1.807) is 24.3 Å². The SMILES string of the molecule is O=C(/C=C/c1cccc(/C=C/C(=O)c2ccccc2N2CCNCC2)n1)NO. The number of allylic oxidation sites excluding steroid dienone is 1. The summed E-state index contributed by atoms with van der Waals surface area (Å²) in [5.74, 6) is -0.723. The highest BCUT2D eigenvalue weighted by atomic mass is 16.5. The number of ketones is 1. The molecule has 0 radical (unpaired) electrons. The fraction of sp³-hybridized carbons (Fsp3) is 0.190. The Morgan fingerprint density at radius 3 is 2.39 bits per heavy atom. The minimum atomic E-state index is -0.637. The second kappa shape index (κ2) is 9.59. The van der Waals surface area contributed by atoms with Gasteiger partial charge in [-0.2, -0.15) is 0 Å². The largest absolute Gasteiger partial charge is 0.368 e. The van der Waals surface area contributed by atoms with Gasteiger partial charge >= 0.3 is 0 Å². The van der Waals surface area contributed by atoms with Crippen molar-refractivity contribution < 1.29 is 14.8 Å². The van der Waals surface area contributed by atoms with Crippen molar-refractivity contribution in [3.05, 3.63) is 71.6 Å². The summed E-state index contributed by atoms with van der Waals surface area (Å²) in [6, 6.07) is 12.9. The Balaban J connectivity index is 1.76. The van der Waals surface area contributed by atoms with E-state index in [9.17, 15) is 9.59 Å². The molecular formula is C21H22N4O3. The van der Waals surface area contributed by atoms with Crippen LogP contribution in [-0.2, 0) is 4.79 Å². The molecule has 7 nitrogen and oxygen atoms in total. The van der Waals surface area contributed by atoms with Crippen LogP contribution < -0.4 is 15.7 Å². The van der Waals surface area contributed by atoms with Crippen LogP contribution in [0.1, 0.15) is 21.7 Å². The van der Waals surface area contributed by atoms with E-state index in [1.165, 1.54) is 23.7 Å². The maximum atomic E-state index is 12.8. The van der Waals surface area contributed by atoms with Crippen molar-refractivity contribution in [2.24, 2.45) is 0 Å². The summed E-state index contributed by atoms with van der Waals surface area (Å²) in [5, 5.41) is 11.8. The van der Waals surface area contributed by atoms with E-state index in [0.717, 1.165) is 31.9 Å². The van der Waals surface area contributed by atoms with Gasteiger partial charge in [-0.05, 0) is 42.5 Å². The number of carbonyl (C=O) groups is 2. The van der Waals surface area contributed by atoms with Gasteiger partial charge in [0.2, 0.25) is 0 Å². The zero-order valence-electron chi connectivity index (χ0n) is 15.3. The van der Waals surface area contributed by atoms with E-state index >= 15 is 0 Å². The third-order valence-electron chi connectivity index (χ3n) is 4.34. The Kier molecular flexibility index (Phi) is 6.67.